The summed E-state index contributed by atoms with van der Waals surface area (Å²) in [5.41, 5.74) is 0. The van der Waals surface area contributed by atoms with E-state index in [0.29, 0.717) is 26.2 Å². The van der Waals surface area contributed by atoms with Crippen molar-refractivity contribution in [3.63, 3.8) is 0 Å². The third-order valence-electron chi connectivity index (χ3n) is 4.37. The molecule has 114 valence electrons. The molecule has 6 nitrogen and oxygen atoms in total. The van der Waals surface area contributed by atoms with Crippen LogP contribution in [0.2, 0.25) is 0 Å². The second-order valence-electron chi connectivity index (χ2n) is 5.72. The number of likely N-dealkylation sites (tertiary alicyclic amines) is 1. The largest absolute Gasteiger partial charge is 0.480 e. The van der Waals surface area contributed by atoms with Gasteiger partial charge in [0.2, 0.25) is 0 Å². The predicted molar refractivity (Wildman–Crippen MR) is 75.7 cm³/mol. The topological polar surface area (TPSA) is 64.1 Å². The second-order valence-corrected chi connectivity index (χ2v) is 5.72. The Balaban J connectivity index is 1.83. The fraction of sp³-hybridized carbons (Fsp3) is 0.857. The van der Waals surface area contributed by atoms with E-state index < -0.39 is 12.0 Å². The first-order chi connectivity index (χ1) is 9.59. The molecule has 6 heteroatoms. The summed E-state index contributed by atoms with van der Waals surface area (Å²) in [6, 6.07) is -0.333. The molecule has 1 unspecified atom stereocenters. The molecule has 20 heavy (non-hydrogen) atoms. The highest BCUT2D eigenvalue weighted by Gasteiger charge is 2.29. The molecule has 0 saturated carbocycles. The van der Waals surface area contributed by atoms with E-state index >= 15 is 0 Å². The zero-order valence-corrected chi connectivity index (χ0v) is 12.3. The molecule has 0 bridgehead atoms. The van der Waals surface area contributed by atoms with Gasteiger partial charge >= 0.3 is 12.0 Å². The van der Waals surface area contributed by atoms with Gasteiger partial charge in [0.1, 0.15) is 6.04 Å². The number of rotatable bonds is 2. The first kappa shape index (κ1) is 15.1. The molecule has 0 aromatic heterocycles. The Morgan fingerprint density at radius 1 is 0.850 bits per heavy atom. The van der Waals surface area contributed by atoms with Gasteiger partial charge in [-0.25, -0.2) is 4.79 Å². The Hall–Kier alpha value is -1.30. The molecule has 1 atom stereocenters. The van der Waals surface area contributed by atoms with E-state index in [0.717, 1.165) is 25.9 Å². The fourth-order valence-corrected chi connectivity index (χ4v) is 2.92. The lowest BCUT2D eigenvalue weighted by atomic mass is 10.2. The molecule has 0 aromatic carbocycles. The summed E-state index contributed by atoms with van der Waals surface area (Å²) in [7, 11) is 0. The molecule has 0 aromatic rings. The first-order valence-corrected chi connectivity index (χ1v) is 7.60. The molecule has 2 aliphatic heterocycles. The summed E-state index contributed by atoms with van der Waals surface area (Å²) < 4.78 is 0. The maximum absolute atomic E-state index is 12.4. The van der Waals surface area contributed by atoms with Gasteiger partial charge in [0, 0.05) is 39.3 Å². The van der Waals surface area contributed by atoms with Gasteiger partial charge in [-0.3, -0.25) is 9.69 Å². The minimum Gasteiger partial charge on any atom is -0.480 e. The highest BCUT2D eigenvalue weighted by atomic mass is 16.4. The summed E-state index contributed by atoms with van der Waals surface area (Å²) in [5, 5.41) is 9.01. The molecule has 2 aliphatic rings. The van der Waals surface area contributed by atoms with Gasteiger partial charge in [-0.1, -0.05) is 12.8 Å². The number of carbonyl (C=O) groups excluding carboxylic acids is 1. The third-order valence-corrected chi connectivity index (χ3v) is 4.37. The molecule has 2 amide bonds. The van der Waals surface area contributed by atoms with Crippen LogP contribution in [0.3, 0.4) is 0 Å². The monoisotopic (exact) mass is 283 g/mol. The van der Waals surface area contributed by atoms with Crippen LogP contribution in [0.1, 0.15) is 32.6 Å². The van der Waals surface area contributed by atoms with E-state index in [1.54, 1.807) is 6.92 Å². The van der Waals surface area contributed by atoms with Crippen LogP contribution in [0.25, 0.3) is 0 Å². The molecule has 1 N–H and O–H groups in total. The Morgan fingerprint density at radius 2 is 1.35 bits per heavy atom. The van der Waals surface area contributed by atoms with Crippen LogP contribution in [0.5, 0.6) is 0 Å². The lowest BCUT2D eigenvalue weighted by Gasteiger charge is -2.38. The summed E-state index contributed by atoms with van der Waals surface area (Å²) >= 11 is 0. The van der Waals surface area contributed by atoms with Gasteiger partial charge in [-0.05, 0) is 19.8 Å². The number of hydrogen-bond donors (Lipinski definition) is 1. The molecule has 2 heterocycles. The summed E-state index contributed by atoms with van der Waals surface area (Å²) in [6.07, 6.45) is 4.63. The number of carboxylic acids is 1. The van der Waals surface area contributed by atoms with Crippen molar-refractivity contribution in [2.45, 2.75) is 38.6 Å². The summed E-state index contributed by atoms with van der Waals surface area (Å²) in [5.74, 6) is -0.794. The van der Waals surface area contributed by atoms with E-state index in [9.17, 15) is 9.59 Å². The normalized spacial score (nSPS) is 23.2. The standard InChI is InChI=1S/C14H25N3O3/c1-12(13(18)19)15-8-10-17(11-9-15)14(20)16-6-4-2-3-5-7-16/h12H,2-11H2,1H3,(H,18,19). The molecular weight excluding hydrogens is 258 g/mol. The van der Waals surface area contributed by atoms with E-state index in [-0.39, 0.29) is 6.03 Å². The molecular formula is C14H25N3O3. The van der Waals surface area contributed by atoms with Crippen molar-refractivity contribution in [1.29, 1.82) is 0 Å². The van der Waals surface area contributed by atoms with E-state index in [4.69, 9.17) is 5.11 Å². The van der Waals surface area contributed by atoms with Crippen molar-refractivity contribution in [2.75, 3.05) is 39.3 Å². The highest BCUT2D eigenvalue weighted by molar-refractivity contribution is 5.75. The summed E-state index contributed by atoms with van der Waals surface area (Å²) in [6.45, 7) is 5.99. The third kappa shape index (κ3) is 3.62. The van der Waals surface area contributed by atoms with Crippen LogP contribution in [0.4, 0.5) is 4.79 Å². The number of amides is 2. The van der Waals surface area contributed by atoms with Crippen LogP contribution in [0.15, 0.2) is 0 Å². The van der Waals surface area contributed by atoms with Gasteiger partial charge in [-0.2, -0.15) is 0 Å². The van der Waals surface area contributed by atoms with Crippen molar-refractivity contribution in [3.8, 4) is 0 Å². The van der Waals surface area contributed by atoms with Crippen molar-refractivity contribution in [1.82, 2.24) is 14.7 Å². The Kier molecular flexibility index (Phi) is 5.23. The van der Waals surface area contributed by atoms with Crippen LogP contribution in [-0.4, -0.2) is 77.1 Å². The lowest BCUT2D eigenvalue weighted by Crippen LogP contribution is -2.55. The number of carbonyl (C=O) groups is 2. The minimum atomic E-state index is -0.794. The van der Waals surface area contributed by atoms with Gasteiger partial charge in [0.25, 0.3) is 0 Å². The number of aliphatic carboxylic acids is 1. The molecule has 2 saturated heterocycles. The average Bonchev–Trinajstić information content (AvgIpc) is 2.75. The van der Waals surface area contributed by atoms with E-state index in [1.807, 2.05) is 14.7 Å². The van der Waals surface area contributed by atoms with E-state index in [1.165, 1.54) is 12.8 Å². The number of urea groups is 1. The molecule has 0 aliphatic carbocycles. The van der Waals surface area contributed by atoms with Crippen LogP contribution in [-0.2, 0) is 4.79 Å². The minimum absolute atomic E-state index is 0.134. The Morgan fingerprint density at radius 3 is 1.85 bits per heavy atom. The molecule has 0 radical (unpaired) electrons. The molecule has 2 fully saturated rings. The maximum Gasteiger partial charge on any atom is 0.320 e. The number of nitrogens with zero attached hydrogens (tertiary/aromatic N) is 3. The lowest BCUT2D eigenvalue weighted by molar-refractivity contribution is -0.143. The maximum atomic E-state index is 12.4. The molecule has 0 spiro atoms. The zero-order chi connectivity index (χ0) is 14.5. The number of carboxylic acid groups (broad SMARTS) is 1. The fourth-order valence-electron chi connectivity index (χ4n) is 2.92. The van der Waals surface area contributed by atoms with Crippen LogP contribution in [0, 0.1) is 0 Å². The van der Waals surface area contributed by atoms with Gasteiger partial charge in [0.15, 0.2) is 0 Å². The van der Waals surface area contributed by atoms with Crippen molar-refractivity contribution < 1.29 is 14.7 Å². The number of hydrogen-bond acceptors (Lipinski definition) is 3. The van der Waals surface area contributed by atoms with Crippen LogP contribution < -0.4 is 0 Å². The zero-order valence-electron chi connectivity index (χ0n) is 12.3. The second kappa shape index (κ2) is 6.92. The van der Waals surface area contributed by atoms with Crippen LogP contribution >= 0.6 is 0 Å². The Labute approximate surface area is 120 Å². The Bertz CT molecular complexity index is 346. The predicted octanol–water partition coefficient (Wildman–Crippen LogP) is 1.07. The van der Waals surface area contributed by atoms with Gasteiger partial charge in [-0.15, -0.1) is 0 Å². The SMILES string of the molecule is CC(C(=O)O)N1CCN(C(=O)N2CCCCCC2)CC1. The van der Waals surface area contributed by atoms with Gasteiger partial charge in [0.05, 0.1) is 0 Å². The highest BCUT2D eigenvalue weighted by Crippen LogP contribution is 2.14. The first-order valence-electron chi connectivity index (χ1n) is 7.60. The van der Waals surface area contributed by atoms with Crippen molar-refractivity contribution in [2.24, 2.45) is 0 Å². The van der Waals surface area contributed by atoms with Gasteiger partial charge < -0.3 is 14.9 Å². The smallest absolute Gasteiger partial charge is 0.320 e. The summed E-state index contributed by atoms with van der Waals surface area (Å²) in [4.78, 5) is 29.2. The van der Waals surface area contributed by atoms with Crippen molar-refractivity contribution in [3.05, 3.63) is 0 Å². The van der Waals surface area contributed by atoms with E-state index in [2.05, 4.69) is 0 Å². The average molecular weight is 283 g/mol. The quantitative estimate of drug-likeness (QED) is 0.823. The number of piperazine rings is 1. The molecule has 2 rings (SSSR count). The van der Waals surface area contributed by atoms with Crippen molar-refractivity contribution >= 4 is 12.0 Å².